The van der Waals surface area contributed by atoms with Crippen molar-refractivity contribution >= 4 is 35.0 Å². The summed E-state index contributed by atoms with van der Waals surface area (Å²) in [6.07, 6.45) is 5.96. The zero-order chi connectivity index (χ0) is 37.7. The number of benzene rings is 1. The number of rotatable bonds is 17. The van der Waals surface area contributed by atoms with Crippen LogP contribution in [0.3, 0.4) is 0 Å². The summed E-state index contributed by atoms with van der Waals surface area (Å²) in [5, 5.41) is 8.55. The van der Waals surface area contributed by atoms with Crippen molar-refractivity contribution in [2.45, 2.75) is 115 Å². The van der Waals surface area contributed by atoms with Gasteiger partial charge in [0.2, 0.25) is 23.6 Å². The molecule has 1 saturated heterocycles. The van der Waals surface area contributed by atoms with Crippen LogP contribution in [-0.2, 0) is 35.1 Å². The van der Waals surface area contributed by atoms with E-state index < -0.39 is 29.6 Å². The van der Waals surface area contributed by atoms with Gasteiger partial charge in [-0.3, -0.25) is 19.2 Å². The first-order chi connectivity index (χ1) is 24.3. The van der Waals surface area contributed by atoms with E-state index in [1.54, 1.807) is 46.2 Å². The summed E-state index contributed by atoms with van der Waals surface area (Å²) in [6.45, 7) is 9.61. The van der Waals surface area contributed by atoms with Crippen molar-refractivity contribution in [3.63, 3.8) is 0 Å². The van der Waals surface area contributed by atoms with Crippen LogP contribution in [0.25, 0.3) is 0 Å². The van der Waals surface area contributed by atoms with E-state index in [0.717, 1.165) is 29.8 Å². The maximum Gasteiger partial charge on any atom is 0.242 e. The lowest BCUT2D eigenvalue weighted by atomic mass is 9.93. The molecule has 0 bridgehead atoms. The number of likely N-dealkylation sites (N-methyl/N-ethyl adjacent to an activating group) is 1. The third-order valence-electron chi connectivity index (χ3n) is 9.52. The van der Waals surface area contributed by atoms with Crippen molar-refractivity contribution < 1.29 is 28.7 Å². The molecule has 4 N–H and O–H groups in total. The van der Waals surface area contributed by atoms with Crippen LogP contribution in [0, 0.1) is 11.8 Å². The molecule has 2 aliphatic rings. The lowest BCUT2D eigenvalue weighted by Crippen LogP contribution is -2.55. The smallest absolute Gasteiger partial charge is 0.242 e. The maximum absolute atomic E-state index is 13.9. The van der Waals surface area contributed by atoms with Gasteiger partial charge in [0, 0.05) is 39.4 Å². The summed E-state index contributed by atoms with van der Waals surface area (Å²) in [4.78, 5) is 61.0. The second-order valence-electron chi connectivity index (χ2n) is 14.3. The molecule has 0 spiro atoms. The number of carbonyl (C=O) groups is 4. The Bertz CT molecular complexity index is 1380. The molecule has 284 valence electrons. The number of amides is 4. The zero-order valence-electron chi connectivity index (χ0n) is 31.7. The van der Waals surface area contributed by atoms with E-state index >= 15 is 0 Å². The van der Waals surface area contributed by atoms with Gasteiger partial charge in [-0.2, -0.15) is 0 Å². The highest BCUT2D eigenvalue weighted by atomic mass is 32.1. The van der Waals surface area contributed by atoms with Crippen LogP contribution >= 0.6 is 11.3 Å². The molecule has 12 nitrogen and oxygen atoms in total. The summed E-state index contributed by atoms with van der Waals surface area (Å²) in [5.74, 6) is -1.30. The van der Waals surface area contributed by atoms with E-state index in [1.165, 1.54) is 17.8 Å². The number of nitrogens with two attached hydrogens (primary N) is 1. The monoisotopic (exact) mass is 728 g/mol. The number of methoxy groups -OCH3 is 2. The van der Waals surface area contributed by atoms with Crippen LogP contribution in [0.1, 0.15) is 89.8 Å². The summed E-state index contributed by atoms with van der Waals surface area (Å²) < 4.78 is 11.8. The first-order valence-electron chi connectivity index (χ1n) is 18.2. The largest absolute Gasteiger partial charge is 0.379 e. The minimum absolute atomic E-state index is 0.0776. The summed E-state index contributed by atoms with van der Waals surface area (Å²) in [6, 6.07) is 9.07. The van der Waals surface area contributed by atoms with Gasteiger partial charge < -0.3 is 35.6 Å². The molecule has 4 amide bonds. The number of ether oxygens (including phenoxy) is 2. The topological polar surface area (TPSA) is 156 Å². The Balaban J connectivity index is 0.00000226. The van der Waals surface area contributed by atoms with Crippen molar-refractivity contribution in [1.82, 2.24) is 25.4 Å². The second kappa shape index (κ2) is 20.0. The van der Waals surface area contributed by atoms with Crippen LogP contribution in [0.15, 0.2) is 41.9 Å². The Kier molecular flexibility index (Phi) is 16.5. The molecular formula is C38H60N6O6S. The molecule has 4 rings (SSSR count). The number of nitrogens with zero attached hydrogens (tertiary/aromatic N) is 3. The van der Waals surface area contributed by atoms with E-state index in [2.05, 4.69) is 29.5 Å². The van der Waals surface area contributed by atoms with Crippen LogP contribution in [0.2, 0.25) is 0 Å². The van der Waals surface area contributed by atoms with Gasteiger partial charge in [0.1, 0.15) is 5.01 Å². The van der Waals surface area contributed by atoms with Gasteiger partial charge >= 0.3 is 0 Å². The normalized spacial score (nSPS) is 18.8. The third kappa shape index (κ3) is 12.1. The molecular weight excluding hydrogens is 669 g/mol. The number of thiazole rings is 1. The zero-order valence-corrected chi connectivity index (χ0v) is 32.5. The minimum atomic E-state index is -1.11. The van der Waals surface area contributed by atoms with Crippen LogP contribution in [-0.4, -0.2) is 103 Å². The predicted molar refractivity (Wildman–Crippen MR) is 200 cm³/mol. The summed E-state index contributed by atoms with van der Waals surface area (Å²) in [7, 11) is 4.84. The van der Waals surface area contributed by atoms with Crippen molar-refractivity contribution in [2.24, 2.45) is 17.6 Å². The van der Waals surface area contributed by atoms with Gasteiger partial charge in [0.05, 0.1) is 54.8 Å². The predicted octanol–water partition coefficient (Wildman–Crippen LogP) is 4.10. The molecule has 2 fully saturated rings. The minimum Gasteiger partial charge on any atom is -0.379 e. The van der Waals surface area contributed by atoms with Crippen molar-refractivity contribution in [1.29, 1.82) is 0 Å². The second-order valence-corrected chi connectivity index (χ2v) is 15.3. The number of hydrogen-bond donors (Lipinski definition) is 3. The van der Waals surface area contributed by atoms with Gasteiger partial charge in [-0.15, -0.1) is 11.3 Å². The molecule has 1 aliphatic carbocycles. The summed E-state index contributed by atoms with van der Waals surface area (Å²) >= 11 is 1.50. The van der Waals surface area contributed by atoms with Crippen LogP contribution in [0.5, 0.6) is 0 Å². The molecule has 1 aromatic heterocycles. The van der Waals surface area contributed by atoms with E-state index in [0.29, 0.717) is 19.4 Å². The number of nitrogens with one attached hydrogen (secondary N) is 2. The Morgan fingerprint density at radius 1 is 1.10 bits per heavy atom. The SMILES string of the molecule is CCC.COC(CC(=O)N1CCCC1C(OC)C(C)C(=O)NC(Cc1ccccc1)c1nccs1)C(C1CC1)N(C)C(=O)CNC(=O)C(C)(C)N. The molecule has 0 radical (unpaired) electrons. The summed E-state index contributed by atoms with van der Waals surface area (Å²) in [5.41, 5.74) is 5.85. The Morgan fingerprint density at radius 3 is 2.31 bits per heavy atom. The van der Waals surface area contributed by atoms with Crippen molar-refractivity contribution in [2.75, 3.05) is 34.4 Å². The molecule has 1 aliphatic heterocycles. The van der Waals surface area contributed by atoms with Crippen LogP contribution in [0.4, 0.5) is 0 Å². The molecule has 1 aromatic carbocycles. The van der Waals surface area contributed by atoms with Gasteiger partial charge in [-0.05, 0) is 57.4 Å². The fraction of sp³-hybridized carbons (Fsp3) is 0.658. The molecule has 2 aromatic rings. The highest BCUT2D eigenvalue weighted by molar-refractivity contribution is 7.09. The molecule has 1 saturated carbocycles. The van der Waals surface area contributed by atoms with Crippen LogP contribution < -0.4 is 16.4 Å². The number of likely N-dealkylation sites (tertiary alicyclic amines) is 1. The van der Waals surface area contributed by atoms with Gasteiger partial charge in [0.15, 0.2) is 0 Å². The van der Waals surface area contributed by atoms with E-state index in [9.17, 15) is 19.2 Å². The van der Waals surface area contributed by atoms with E-state index in [1.807, 2.05) is 47.5 Å². The van der Waals surface area contributed by atoms with Gasteiger partial charge in [0.25, 0.3) is 0 Å². The number of carbonyl (C=O) groups excluding carboxylic acids is 4. The number of hydrogen-bond acceptors (Lipinski definition) is 9. The molecule has 6 atom stereocenters. The maximum atomic E-state index is 13.9. The van der Waals surface area contributed by atoms with Crippen molar-refractivity contribution in [3.05, 3.63) is 52.5 Å². The lowest BCUT2D eigenvalue weighted by molar-refractivity contribution is -0.145. The first-order valence-corrected chi connectivity index (χ1v) is 19.1. The Hall–Kier alpha value is -3.39. The number of aromatic nitrogens is 1. The fourth-order valence-electron chi connectivity index (χ4n) is 6.66. The molecule has 2 heterocycles. The quantitative estimate of drug-likeness (QED) is 0.220. The molecule has 51 heavy (non-hydrogen) atoms. The van der Waals surface area contributed by atoms with Gasteiger partial charge in [-0.1, -0.05) is 57.5 Å². The van der Waals surface area contributed by atoms with Gasteiger partial charge in [-0.25, -0.2) is 4.98 Å². The van der Waals surface area contributed by atoms with E-state index in [-0.39, 0.29) is 54.7 Å². The first kappa shape index (κ1) is 42.0. The average molecular weight is 729 g/mol. The van der Waals surface area contributed by atoms with Crippen molar-refractivity contribution in [3.8, 4) is 0 Å². The molecule has 6 unspecified atom stereocenters. The lowest BCUT2D eigenvalue weighted by Gasteiger charge is -2.37. The highest BCUT2D eigenvalue weighted by Gasteiger charge is 2.45. The fourth-order valence-corrected chi connectivity index (χ4v) is 7.35. The highest BCUT2D eigenvalue weighted by Crippen LogP contribution is 2.38. The van der Waals surface area contributed by atoms with E-state index in [4.69, 9.17) is 15.2 Å². The molecule has 13 heteroatoms. The Labute approximate surface area is 308 Å². The average Bonchev–Trinajstić information content (AvgIpc) is 3.55. The third-order valence-corrected chi connectivity index (χ3v) is 10.4. The Morgan fingerprint density at radius 2 is 1.76 bits per heavy atom. The standard InChI is InChI=1S/C35H52N6O6S.C3H8/c1-22(32(44)39-25(33-37-16-18-48-33)19-23-11-8-7-9-12-23)31(47-6)26-13-10-17-41(26)28(42)20-27(46-5)30(24-14-15-24)40(4)29(43)21-38-34(45)35(2,3)36;1-3-2/h7-9,11-12,16,18,22,24-27,30-31H,10,13-15,17,19-21,36H2,1-6H3,(H,38,45)(H,39,44);3H2,1-2H3.